The molecule has 2 aromatic carbocycles. The molecule has 2 N–H and O–H groups in total. The zero-order valence-corrected chi connectivity index (χ0v) is 12.0. The predicted octanol–water partition coefficient (Wildman–Crippen LogP) is 3.13. The van der Waals surface area contributed by atoms with Crippen LogP contribution in [0, 0.1) is 0 Å². The molecule has 0 saturated heterocycles. The molecule has 22 heavy (non-hydrogen) atoms. The van der Waals surface area contributed by atoms with Gasteiger partial charge in [0.2, 0.25) is 0 Å². The third-order valence-electron chi connectivity index (χ3n) is 4.16. The van der Waals surface area contributed by atoms with Gasteiger partial charge in [0.15, 0.2) is 5.78 Å². The molecule has 1 atom stereocenters. The molecule has 4 nitrogen and oxygen atoms in total. The first-order valence-corrected chi connectivity index (χ1v) is 7.23. The fourth-order valence-corrected chi connectivity index (χ4v) is 3.08. The van der Waals surface area contributed by atoms with Gasteiger partial charge >= 0.3 is 5.97 Å². The average Bonchev–Trinajstić information content (AvgIpc) is 2.88. The summed E-state index contributed by atoms with van der Waals surface area (Å²) >= 11 is 0. The maximum Gasteiger partial charge on any atom is 0.303 e. The van der Waals surface area contributed by atoms with Crippen LogP contribution in [0.25, 0.3) is 0 Å². The van der Waals surface area contributed by atoms with Gasteiger partial charge in [0.1, 0.15) is 5.75 Å². The molecule has 0 aliphatic heterocycles. The molecule has 2 aromatic rings. The largest absolute Gasteiger partial charge is 0.507 e. The van der Waals surface area contributed by atoms with Crippen molar-refractivity contribution in [3.05, 3.63) is 64.7 Å². The van der Waals surface area contributed by atoms with Crippen molar-refractivity contribution in [3.8, 4) is 5.75 Å². The van der Waals surface area contributed by atoms with Crippen molar-refractivity contribution in [2.75, 3.05) is 0 Å². The first-order valence-electron chi connectivity index (χ1n) is 7.23. The Kier molecular flexibility index (Phi) is 3.67. The Morgan fingerprint density at radius 1 is 1.14 bits per heavy atom. The zero-order valence-electron chi connectivity index (χ0n) is 12.0. The maximum atomic E-state index is 12.5. The summed E-state index contributed by atoms with van der Waals surface area (Å²) in [4.78, 5) is 23.4. The van der Waals surface area contributed by atoms with E-state index < -0.39 is 5.97 Å². The van der Waals surface area contributed by atoms with Gasteiger partial charge in [-0.2, -0.15) is 0 Å². The predicted molar refractivity (Wildman–Crippen MR) is 81.3 cm³/mol. The third kappa shape index (κ3) is 2.60. The number of aryl methyl sites for hydroxylation is 1. The first-order chi connectivity index (χ1) is 10.6. The summed E-state index contributed by atoms with van der Waals surface area (Å²) in [5.41, 5.74) is 2.62. The number of carboxylic acid groups (broad SMARTS) is 1. The summed E-state index contributed by atoms with van der Waals surface area (Å²) in [7, 11) is 0. The first kappa shape index (κ1) is 14.3. The van der Waals surface area contributed by atoms with Crippen molar-refractivity contribution >= 4 is 11.8 Å². The fraction of sp³-hybridized carbons (Fsp3) is 0.222. The van der Waals surface area contributed by atoms with E-state index >= 15 is 0 Å². The highest BCUT2D eigenvalue weighted by Crippen LogP contribution is 2.39. The number of carboxylic acids is 1. The van der Waals surface area contributed by atoms with Gasteiger partial charge in [0, 0.05) is 5.56 Å². The van der Waals surface area contributed by atoms with Crippen LogP contribution in [0.4, 0.5) is 0 Å². The van der Waals surface area contributed by atoms with Crippen LogP contribution in [0.3, 0.4) is 0 Å². The number of fused-ring (bicyclic) bond motifs is 1. The van der Waals surface area contributed by atoms with Crippen molar-refractivity contribution in [2.45, 2.75) is 25.2 Å². The lowest BCUT2D eigenvalue weighted by atomic mass is 9.94. The quantitative estimate of drug-likeness (QED) is 0.850. The smallest absolute Gasteiger partial charge is 0.303 e. The minimum Gasteiger partial charge on any atom is -0.507 e. The van der Waals surface area contributed by atoms with Crippen LogP contribution < -0.4 is 0 Å². The van der Waals surface area contributed by atoms with Gasteiger partial charge < -0.3 is 10.2 Å². The van der Waals surface area contributed by atoms with Crippen molar-refractivity contribution < 1.29 is 19.8 Å². The van der Waals surface area contributed by atoms with Gasteiger partial charge in [-0.1, -0.05) is 30.3 Å². The lowest BCUT2D eigenvalue weighted by Crippen LogP contribution is -2.05. The van der Waals surface area contributed by atoms with E-state index in [0.717, 1.165) is 24.0 Å². The number of hydrogen-bond acceptors (Lipinski definition) is 3. The van der Waals surface area contributed by atoms with Crippen molar-refractivity contribution in [1.82, 2.24) is 0 Å². The Morgan fingerprint density at radius 2 is 1.86 bits per heavy atom. The van der Waals surface area contributed by atoms with Crippen molar-refractivity contribution in [2.24, 2.45) is 0 Å². The molecule has 1 aliphatic carbocycles. The number of hydrogen-bond donors (Lipinski definition) is 2. The number of phenolic OH excluding ortho intramolecular Hbond substituents is 1. The van der Waals surface area contributed by atoms with Crippen LogP contribution >= 0.6 is 0 Å². The van der Waals surface area contributed by atoms with Gasteiger partial charge in [-0.15, -0.1) is 0 Å². The highest BCUT2D eigenvalue weighted by molar-refractivity contribution is 6.10. The zero-order chi connectivity index (χ0) is 15.7. The van der Waals surface area contributed by atoms with Crippen LogP contribution in [-0.2, 0) is 11.2 Å². The van der Waals surface area contributed by atoms with E-state index in [2.05, 4.69) is 0 Å². The Balaban J connectivity index is 1.96. The second-order valence-corrected chi connectivity index (χ2v) is 5.60. The number of benzene rings is 2. The van der Waals surface area contributed by atoms with E-state index in [1.165, 1.54) is 0 Å². The van der Waals surface area contributed by atoms with E-state index in [1.54, 1.807) is 36.4 Å². The Hall–Kier alpha value is -2.62. The van der Waals surface area contributed by atoms with Crippen LogP contribution in [0.1, 0.15) is 45.8 Å². The Labute approximate surface area is 128 Å². The summed E-state index contributed by atoms with van der Waals surface area (Å²) in [6.45, 7) is 0. The van der Waals surface area contributed by atoms with Crippen LogP contribution in [0.15, 0.2) is 42.5 Å². The minimum atomic E-state index is -0.846. The van der Waals surface area contributed by atoms with Crippen LogP contribution in [0.5, 0.6) is 5.75 Å². The summed E-state index contributed by atoms with van der Waals surface area (Å²) in [5.74, 6) is -1.23. The number of aliphatic carboxylic acids is 1. The second-order valence-electron chi connectivity index (χ2n) is 5.60. The van der Waals surface area contributed by atoms with Crippen LogP contribution in [-0.4, -0.2) is 22.0 Å². The second kappa shape index (κ2) is 5.64. The van der Waals surface area contributed by atoms with E-state index in [-0.39, 0.29) is 29.4 Å². The molecule has 0 heterocycles. The van der Waals surface area contributed by atoms with Crippen LogP contribution in [0.2, 0.25) is 0 Å². The molecule has 1 aliphatic rings. The topological polar surface area (TPSA) is 74.6 Å². The highest BCUT2D eigenvalue weighted by Gasteiger charge is 2.27. The molecule has 0 radical (unpaired) electrons. The number of carbonyl (C=O) groups excluding carboxylic acids is 1. The molecule has 0 aromatic heterocycles. The molecule has 3 rings (SSSR count). The third-order valence-corrected chi connectivity index (χ3v) is 4.16. The number of rotatable bonds is 4. The Bertz CT molecular complexity index is 734. The summed E-state index contributed by atoms with van der Waals surface area (Å²) in [6, 6.07) is 12.1. The van der Waals surface area contributed by atoms with Gasteiger partial charge in [0.25, 0.3) is 0 Å². The molecule has 112 valence electrons. The van der Waals surface area contributed by atoms with E-state index in [0.29, 0.717) is 5.56 Å². The summed E-state index contributed by atoms with van der Waals surface area (Å²) < 4.78 is 0. The minimum absolute atomic E-state index is 0.0540. The van der Waals surface area contributed by atoms with Gasteiger partial charge in [-0.3, -0.25) is 9.59 Å². The van der Waals surface area contributed by atoms with E-state index in [4.69, 9.17) is 5.11 Å². The van der Waals surface area contributed by atoms with Crippen molar-refractivity contribution in [3.63, 3.8) is 0 Å². The molecule has 0 amide bonds. The normalized spacial score (nSPS) is 16.3. The van der Waals surface area contributed by atoms with Gasteiger partial charge in [0.05, 0.1) is 12.0 Å². The van der Waals surface area contributed by atoms with E-state index in [1.807, 2.05) is 6.07 Å². The number of aromatic hydroxyl groups is 1. The molecule has 4 heteroatoms. The Morgan fingerprint density at radius 3 is 2.55 bits per heavy atom. The molecular formula is C18H16O4. The molecule has 0 bridgehead atoms. The standard InChI is InChI=1S/C18H16O4/c19-16-10-14-12(6-7-13(14)9-17(20)21)8-15(16)18(22)11-4-2-1-3-5-11/h1-5,8,10,13,19H,6-7,9H2,(H,20,21). The number of phenols is 1. The monoisotopic (exact) mass is 296 g/mol. The van der Waals surface area contributed by atoms with Crippen molar-refractivity contribution in [1.29, 1.82) is 0 Å². The lowest BCUT2D eigenvalue weighted by Gasteiger charge is -2.11. The lowest BCUT2D eigenvalue weighted by molar-refractivity contribution is -0.137. The molecular weight excluding hydrogens is 280 g/mol. The fourth-order valence-electron chi connectivity index (χ4n) is 3.08. The average molecular weight is 296 g/mol. The van der Waals surface area contributed by atoms with Gasteiger partial charge in [-0.25, -0.2) is 0 Å². The number of ketones is 1. The van der Waals surface area contributed by atoms with E-state index in [9.17, 15) is 14.7 Å². The summed E-state index contributed by atoms with van der Waals surface area (Å²) in [5, 5.41) is 19.1. The molecule has 0 fully saturated rings. The molecule has 1 unspecified atom stereocenters. The highest BCUT2D eigenvalue weighted by atomic mass is 16.4. The SMILES string of the molecule is O=C(O)CC1CCc2cc(C(=O)c3ccccc3)c(O)cc21. The summed E-state index contributed by atoms with van der Waals surface area (Å²) in [6.07, 6.45) is 1.53. The maximum absolute atomic E-state index is 12.5. The molecule has 0 saturated carbocycles. The number of carbonyl (C=O) groups is 2. The van der Waals surface area contributed by atoms with Gasteiger partial charge in [-0.05, 0) is 42.0 Å². The molecule has 0 spiro atoms.